The first-order valence-corrected chi connectivity index (χ1v) is 9.69. The second-order valence-corrected chi connectivity index (χ2v) is 7.07. The number of aryl methyl sites for hydroxylation is 2. The van der Waals surface area contributed by atoms with Crippen LogP contribution in [0.2, 0.25) is 0 Å². The topological polar surface area (TPSA) is 80.2 Å². The van der Waals surface area contributed by atoms with Gasteiger partial charge < -0.3 is 10.6 Å². The molecule has 0 spiro atoms. The van der Waals surface area contributed by atoms with Gasteiger partial charge in [-0.15, -0.1) is 0 Å². The van der Waals surface area contributed by atoms with Crippen molar-refractivity contribution in [3.63, 3.8) is 0 Å². The number of anilines is 1. The molecule has 0 aliphatic carbocycles. The highest BCUT2D eigenvalue weighted by Gasteiger charge is 2.16. The maximum atomic E-state index is 12.8. The Morgan fingerprint density at radius 3 is 2.38 bits per heavy atom. The van der Waals surface area contributed by atoms with Gasteiger partial charge in [-0.2, -0.15) is 0 Å². The lowest BCUT2D eigenvalue weighted by molar-refractivity contribution is -0.116. The number of carbonyl (C=O) groups excluding carboxylic acids is 2. The van der Waals surface area contributed by atoms with Crippen molar-refractivity contribution in [2.75, 3.05) is 11.9 Å². The van der Waals surface area contributed by atoms with Crippen LogP contribution in [0, 0.1) is 13.8 Å². The standard InChI is InChI=1S/C23H25N3O3/c1-4-12-24-23(29)18-13-21(28)26(19-11-6-5-10-17(18)19)14-20(27)25-22-15(2)8-7-9-16(22)3/h5-11,13H,4,12,14H2,1-3H3,(H,24,29)(H,25,27). The smallest absolute Gasteiger partial charge is 0.252 e. The monoisotopic (exact) mass is 391 g/mol. The van der Waals surface area contributed by atoms with Crippen molar-refractivity contribution in [1.29, 1.82) is 0 Å². The maximum absolute atomic E-state index is 12.8. The van der Waals surface area contributed by atoms with Crippen molar-refractivity contribution < 1.29 is 9.59 Å². The van der Waals surface area contributed by atoms with Gasteiger partial charge in [0.2, 0.25) is 5.91 Å². The number of hydrogen-bond acceptors (Lipinski definition) is 3. The summed E-state index contributed by atoms with van der Waals surface area (Å²) in [6.45, 7) is 6.21. The van der Waals surface area contributed by atoms with E-state index in [4.69, 9.17) is 0 Å². The van der Waals surface area contributed by atoms with E-state index < -0.39 is 0 Å². The molecule has 0 aliphatic heterocycles. The highest BCUT2D eigenvalue weighted by atomic mass is 16.2. The summed E-state index contributed by atoms with van der Waals surface area (Å²) >= 11 is 0. The molecule has 3 aromatic rings. The Hall–Kier alpha value is -3.41. The van der Waals surface area contributed by atoms with Crippen molar-refractivity contribution >= 4 is 28.4 Å². The fraction of sp³-hybridized carbons (Fsp3) is 0.261. The number of para-hydroxylation sites is 2. The van der Waals surface area contributed by atoms with Gasteiger partial charge in [-0.3, -0.25) is 19.0 Å². The molecular weight excluding hydrogens is 366 g/mol. The molecule has 0 saturated carbocycles. The Balaban J connectivity index is 1.96. The Labute approximate surface area is 169 Å². The van der Waals surface area contributed by atoms with Crippen LogP contribution in [0.15, 0.2) is 53.3 Å². The van der Waals surface area contributed by atoms with Crippen LogP contribution in [-0.2, 0) is 11.3 Å². The molecule has 29 heavy (non-hydrogen) atoms. The lowest BCUT2D eigenvalue weighted by Crippen LogP contribution is -2.31. The zero-order valence-corrected chi connectivity index (χ0v) is 16.9. The van der Waals surface area contributed by atoms with Gasteiger partial charge in [0, 0.05) is 23.7 Å². The molecule has 6 nitrogen and oxygen atoms in total. The van der Waals surface area contributed by atoms with E-state index >= 15 is 0 Å². The number of aromatic nitrogens is 1. The number of amides is 2. The van der Waals surface area contributed by atoms with Gasteiger partial charge in [0.25, 0.3) is 11.5 Å². The van der Waals surface area contributed by atoms with Gasteiger partial charge >= 0.3 is 0 Å². The number of rotatable bonds is 6. The van der Waals surface area contributed by atoms with E-state index in [2.05, 4.69) is 10.6 Å². The van der Waals surface area contributed by atoms with Crippen molar-refractivity contribution in [2.45, 2.75) is 33.7 Å². The maximum Gasteiger partial charge on any atom is 0.252 e. The summed E-state index contributed by atoms with van der Waals surface area (Å²) in [5.41, 5.74) is 3.16. The Morgan fingerprint density at radius 1 is 1.00 bits per heavy atom. The fourth-order valence-corrected chi connectivity index (χ4v) is 3.35. The number of nitrogens with zero attached hydrogens (tertiary/aromatic N) is 1. The third kappa shape index (κ3) is 4.37. The van der Waals surface area contributed by atoms with Crippen molar-refractivity contribution in [3.05, 3.63) is 75.6 Å². The van der Waals surface area contributed by atoms with Gasteiger partial charge in [-0.05, 0) is 37.5 Å². The first kappa shape index (κ1) is 20.3. The molecule has 2 amide bonds. The van der Waals surface area contributed by atoms with Gasteiger partial charge in [0.1, 0.15) is 6.54 Å². The van der Waals surface area contributed by atoms with Gasteiger partial charge in [0.15, 0.2) is 0 Å². The van der Waals surface area contributed by atoms with Crippen molar-refractivity contribution in [3.8, 4) is 0 Å². The normalized spacial score (nSPS) is 10.7. The second kappa shape index (κ2) is 8.73. The first-order chi connectivity index (χ1) is 13.9. The highest BCUT2D eigenvalue weighted by Crippen LogP contribution is 2.20. The Kier molecular flexibility index (Phi) is 6.12. The molecule has 1 aromatic heterocycles. The van der Waals surface area contributed by atoms with Crippen LogP contribution < -0.4 is 16.2 Å². The summed E-state index contributed by atoms with van der Waals surface area (Å²) in [6, 6.07) is 14.2. The SMILES string of the molecule is CCCNC(=O)c1cc(=O)n(CC(=O)Nc2c(C)cccc2C)c2ccccc12. The molecule has 0 bridgehead atoms. The number of hydrogen-bond donors (Lipinski definition) is 2. The lowest BCUT2D eigenvalue weighted by atomic mass is 10.1. The molecule has 1 heterocycles. The third-order valence-corrected chi connectivity index (χ3v) is 4.85. The third-order valence-electron chi connectivity index (χ3n) is 4.85. The molecule has 0 unspecified atom stereocenters. The summed E-state index contributed by atoms with van der Waals surface area (Å²) in [4.78, 5) is 37.9. The molecule has 0 fully saturated rings. The molecule has 0 saturated heterocycles. The van der Waals surface area contributed by atoms with Gasteiger partial charge in [-0.25, -0.2) is 0 Å². The quantitative estimate of drug-likeness (QED) is 0.676. The van der Waals surface area contributed by atoms with Crippen LogP contribution in [0.1, 0.15) is 34.8 Å². The van der Waals surface area contributed by atoms with E-state index in [1.807, 2.05) is 45.0 Å². The minimum Gasteiger partial charge on any atom is -0.352 e. The van der Waals surface area contributed by atoms with E-state index in [1.54, 1.807) is 18.2 Å². The molecular formula is C23H25N3O3. The number of carbonyl (C=O) groups is 2. The molecule has 150 valence electrons. The van der Waals surface area contributed by atoms with Crippen LogP contribution in [0.5, 0.6) is 0 Å². The minimum atomic E-state index is -0.387. The molecule has 0 aliphatic rings. The van der Waals surface area contributed by atoms with Crippen molar-refractivity contribution in [2.24, 2.45) is 0 Å². The van der Waals surface area contributed by atoms with E-state index in [-0.39, 0.29) is 23.9 Å². The average Bonchev–Trinajstić information content (AvgIpc) is 2.71. The summed E-state index contributed by atoms with van der Waals surface area (Å²) < 4.78 is 1.40. The second-order valence-electron chi connectivity index (χ2n) is 7.07. The fourth-order valence-electron chi connectivity index (χ4n) is 3.35. The molecule has 0 atom stereocenters. The predicted octanol–water partition coefficient (Wildman–Crippen LogP) is 3.40. The number of fused-ring (bicyclic) bond motifs is 1. The molecule has 2 aromatic carbocycles. The lowest BCUT2D eigenvalue weighted by Gasteiger charge is -2.15. The zero-order chi connectivity index (χ0) is 21.0. The number of nitrogens with one attached hydrogen (secondary N) is 2. The summed E-state index contributed by atoms with van der Waals surface area (Å²) in [7, 11) is 0. The Bertz CT molecular complexity index is 1110. The Morgan fingerprint density at radius 2 is 1.69 bits per heavy atom. The van der Waals surface area contributed by atoms with Crippen LogP contribution in [0.4, 0.5) is 5.69 Å². The largest absolute Gasteiger partial charge is 0.352 e. The average molecular weight is 391 g/mol. The van der Waals surface area contributed by atoms with Crippen LogP contribution >= 0.6 is 0 Å². The van der Waals surface area contributed by atoms with E-state index in [0.29, 0.717) is 23.0 Å². The van der Waals surface area contributed by atoms with E-state index in [1.165, 1.54) is 10.6 Å². The van der Waals surface area contributed by atoms with Crippen molar-refractivity contribution in [1.82, 2.24) is 9.88 Å². The van der Waals surface area contributed by atoms with E-state index in [0.717, 1.165) is 23.2 Å². The van der Waals surface area contributed by atoms with Crippen LogP contribution in [0.3, 0.4) is 0 Å². The molecule has 3 rings (SSSR count). The summed E-state index contributed by atoms with van der Waals surface area (Å²) in [5, 5.41) is 6.35. The van der Waals surface area contributed by atoms with Crippen LogP contribution in [0.25, 0.3) is 10.9 Å². The molecule has 0 radical (unpaired) electrons. The van der Waals surface area contributed by atoms with E-state index in [9.17, 15) is 14.4 Å². The first-order valence-electron chi connectivity index (χ1n) is 9.69. The number of pyridine rings is 1. The summed E-state index contributed by atoms with van der Waals surface area (Å²) in [6.07, 6.45) is 0.805. The van der Waals surface area contributed by atoms with Gasteiger partial charge in [-0.1, -0.05) is 43.3 Å². The molecule has 2 N–H and O–H groups in total. The predicted molar refractivity (Wildman–Crippen MR) is 115 cm³/mol. The molecule has 6 heteroatoms. The highest BCUT2D eigenvalue weighted by molar-refractivity contribution is 6.06. The van der Waals surface area contributed by atoms with Crippen LogP contribution in [-0.4, -0.2) is 22.9 Å². The zero-order valence-electron chi connectivity index (χ0n) is 16.9. The summed E-state index contributed by atoms with van der Waals surface area (Å²) in [5.74, 6) is -0.579. The number of benzene rings is 2. The minimum absolute atomic E-state index is 0.135. The van der Waals surface area contributed by atoms with Gasteiger partial charge in [0.05, 0.1) is 11.1 Å².